The minimum Gasteiger partial charge on any atom is -0.478 e. The van der Waals surface area contributed by atoms with Crippen LogP contribution in [0.5, 0.6) is 11.5 Å². The highest BCUT2D eigenvalue weighted by molar-refractivity contribution is 5.85. The summed E-state index contributed by atoms with van der Waals surface area (Å²) < 4.78 is 5.80. The van der Waals surface area contributed by atoms with Crippen LogP contribution in [-0.2, 0) is 11.2 Å². The second-order valence-electron chi connectivity index (χ2n) is 4.79. The van der Waals surface area contributed by atoms with Gasteiger partial charge in [-0.25, -0.2) is 4.79 Å². The standard InChI is InChI=1S/C18H18O3/c1-3-14-4-8-16(9-5-14)21-17-10-6-15(13(2)12-17)7-11-18(19)20/h4-12H,3H2,1-2H3,(H,19,20). The van der Waals surface area contributed by atoms with Gasteiger partial charge in [-0.1, -0.05) is 25.1 Å². The van der Waals surface area contributed by atoms with E-state index < -0.39 is 5.97 Å². The molecule has 1 N–H and O–H groups in total. The third kappa shape index (κ3) is 4.21. The van der Waals surface area contributed by atoms with Crippen molar-refractivity contribution in [1.29, 1.82) is 0 Å². The summed E-state index contributed by atoms with van der Waals surface area (Å²) in [5.74, 6) is 0.579. The molecule has 0 aromatic heterocycles. The first kappa shape index (κ1) is 14.9. The van der Waals surface area contributed by atoms with Gasteiger partial charge in [0.15, 0.2) is 0 Å². The van der Waals surface area contributed by atoms with Gasteiger partial charge in [0.1, 0.15) is 11.5 Å². The van der Waals surface area contributed by atoms with Gasteiger partial charge in [-0.15, -0.1) is 0 Å². The van der Waals surface area contributed by atoms with Gasteiger partial charge in [0.25, 0.3) is 0 Å². The minimum absolute atomic E-state index is 0.740. The normalized spacial score (nSPS) is 10.8. The van der Waals surface area contributed by atoms with Crippen LogP contribution in [0.25, 0.3) is 6.08 Å². The molecule has 0 unspecified atom stereocenters. The number of carboxylic acids is 1. The molecule has 0 aliphatic carbocycles. The van der Waals surface area contributed by atoms with Gasteiger partial charge in [0, 0.05) is 6.08 Å². The summed E-state index contributed by atoms with van der Waals surface area (Å²) in [5.41, 5.74) is 3.11. The highest BCUT2D eigenvalue weighted by atomic mass is 16.5. The van der Waals surface area contributed by atoms with E-state index in [1.807, 2.05) is 49.4 Å². The molecular formula is C18H18O3. The molecule has 3 nitrogen and oxygen atoms in total. The molecule has 0 aliphatic rings. The van der Waals surface area contributed by atoms with Crippen LogP contribution < -0.4 is 4.74 Å². The molecule has 0 aliphatic heterocycles. The zero-order valence-electron chi connectivity index (χ0n) is 12.2. The summed E-state index contributed by atoms with van der Waals surface area (Å²) in [6.07, 6.45) is 3.72. The molecule has 2 rings (SSSR count). The van der Waals surface area contributed by atoms with Crippen molar-refractivity contribution in [2.75, 3.05) is 0 Å². The predicted molar refractivity (Wildman–Crippen MR) is 83.7 cm³/mol. The van der Waals surface area contributed by atoms with E-state index in [2.05, 4.69) is 6.92 Å². The third-order valence-electron chi connectivity index (χ3n) is 3.21. The Labute approximate surface area is 124 Å². The van der Waals surface area contributed by atoms with Crippen molar-refractivity contribution in [3.05, 3.63) is 65.2 Å². The van der Waals surface area contributed by atoms with Crippen molar-refractivity contribution in [2.24, 2.45) is 0 Å². The highest BCUT2D eigenvalue weighted by Crippen LogP contribution is 2.24. The Kier molecular flexibility index (Phi) is 4.77. The van der Waals surface area contributed by atoms with Gasteiger partial charge in [0.2, 0.25) is 0 Å². The molecule has 0 spiro atoms. The van der Waals surface area contributed by atoms with Gasteiger partial charge in [-0.2, -0.15) is 0 Å². The second kappa shape index (κ2) is 6.75. The van der Waals surface area contributed by atoms with Crippen molar-refractivity contribution in [3.63, 3.8) is 0 Å². The number of benzene rings is 2. The van der Waals surface area contributed by atoms with Crippen molar-refractivity contribution in [2.45, 2.75) is 20.3 Å². The topological polar surface area (TPSA) is 46.5 Å². The first-order valence-corrected chi connectivity index (χ1v) is 6.87. The summed E-state index contributed by atoms with van der Waals surface area (Å²) in [7, 11) is 0. The van der Waals surface area contributed by atoms with Crippen LogP contribution in [0.1, 0.15) is 23.6 Å². The SMILES string of the molecule is CCc1ccc(Oc2ccc(C=CC(=O)O)c(C)c2)cc1. The Bertz CT molecular complexity index is 655. The van der Waals surface area contributed by atoms with Gasteiger partial charge in [0.05, 0.1) is 0 Å². The Hall–Kier alpha value is -2.55. The molecule has 0 radical (unpaired) electrons. The van der Waals surface area contributed by atoms with Crippen LogP contribution in [0.4, 0.5) is 0 Å². The molecule has 0 fully saturated rings. The van der Waals surface area contributed by atoms with Crippen molar-refractivity contribution in [3.8, 4) is 11.5 Å². The van der Waals surface area contributed by atoms with Crippen LogP contribution in [0, 0.1) is 6.92 Å². The third-order valence-corrected chi connectivity index (χ3v) is 3.21. The van der Waals surface area contributed by atoms with Gasteiger partial charge >= 0.3 is 5.97 Å². The lowest BCUT2D eigenvalue weighted by Crippen LogP contribution is -1.89. The highest BCUT2D eigenvalue weighted by Gasteiger charge is 2.01. The smallest absolute Gasteiger partial charge is 0.328 e. The zero-order chi connectivity index (χ0) is 15.2. The molecule has 0 atom stereocenters. The molecule has 108 valence electrons. The van der Waals surface area contributed by atoms with Crippen LogP contribution in [0.2, 0.25) is 0 Å². The van der Waals surface area contributed by atoms with E-state index in [1.165, 1.54) is 5.56 Å². The number of carbonyl (C=O) groups is 1. The zero-order valence-corrected chi connectivity index (χ0v) is 12.2. The second-order valence-corrected chi connectivity index (χ2v) is 4.79. The fraction of sp³-hybridized carbons (Fsp3) is 0.167. The summed E-state index contributed by atoms with van der Waals surface area (Å²) in [6, 6.07) is 13.6. The van der Waals surface area contributed by atoms with E-state index in [9.17, 15) is 4.79 Å². The number of hydrogen-bond donors (Lipinski definition) is 1. The minimum atomic E-state index is -0.953. The van der Waals surface area contributed by atoms with E-state index in [0.717, 1.165) is 35.1 Å². The maximum Gasteiger partial charge on any atom is 0.328 e. The van der Waals surface area contributed by atoms with Crippen LogP contribution >= 0.6 is 0 Å². The summed E-state index contributed by atoms with van der Waals surface area (Å²) in [4.78, 5) is 10.5. The number of hydrogen-bond acceptors (Lipinski definition) is 2. The quantitative estimate of drug-likeness (QED) is 0.824. The largest absolute Gasteiger partial charge is 0.478 e. The lowest BCUT2D eigenvalue weighted by molar-refractivity contribution is -0.131. The molecule has 0 amide bonds. The van der Waals surface area contributed by atoms with E-state index >= 15 is 0 Å². The van der Waals surface area contributed by atoms with Crippen molar-refractivity contribution >= 4 is 12.0 Å². The van der Waals surface area contributed by atoms with Crippen LogP contribution in [0.15, 0.2) is 48.5 Å². The van der Waals surface area contributed by atoms with Gasteiger partial charge in [-0.3, -0.25) is 0 Å². The predicted octanol–water partition coefficient (Wildman–Crippen LogP) is 4.45. The van der Waals surface area contributed by atoms with Crippen LogP contribution in [-0.4, -0.2) is 11.1 Å². The average molecular weight is 282 g/mol. The molecular weight excluding hydrogens is 264 g/mol. The molecule has 21 heavy (non-hydrogen) atoms. The van der Waals surface area contributed by atoms with E-state index in [0.29, 0.717) is 0 Å². The molecule has 0 bridgehead atoms. The number of carboxylic acid groups (broad SMARTS) is 1. The summed E-state index contributed by atoms with van der Waals surface area (Å²) in [6.45, 7) is 4.04. The lowest BCUT2D eigenvalue weighted by Gasteiger charge is -2.08. The molecule has 0 saturated heterocycles. The summed E-state index contributed by atoms with van der Waals surface area (Å²) >= 11 is 0. The Morgan fingerprint density at radius 3 is 2.38 bits per heavy atom. The Morgan fingerprint density at radius 2 is 1.81 bits per heavy atom. The molecule has 2 aromatic carbocycles. The summed E-state index contributed by atoms with van der Waals surface area (Å²) in [5, 5.41) is 8.65. The van der Waals surface area contributed by atoms with E-state index in [4.69, 9.17) is 9.84 Å². The van der Waals surface area contributed by atoms with Gasteiger partial charge < -0.3 is 9.84 Å². The fourth-order valence-electron chi connectivity index (χ4n) is 1.99. The molecule has 0 saturated carbocycles. The first-order chi connectivity index (χ1) is 10.1. The molecule has 3 heteroatoms. The van der Waals surface area contributed by atoms with Gasteiger partial charge in [-0.05, 0) is 60.4 Å². The van der Waals surface area contributed by atoms with Crippen molar-refractivity contribution in [1.82, 2.24) is 0 Å². The van der Waals surface area contributed by atoms with Crippen molar-refractivity contribution < 1.29 is 14.6 Å². The number of aliphatic carboxylic acids is 1. The monoisotopic (exact) mass is 282 g/mol. The van der Waals surface area contributed by atoms with Crippen LogP contribution in [0.3, 0.4) is 0 Å². The fourth-order valence-corrected chi connectivity index (χ4v) is 1.99. The first-order valence-electron chi connectivity index (χ1n) is 6.87. The molecule has 0 heterocycles. The number of rotatable bonds is 5. The van der Waals surface area contributed by atoms with E-state index in [-0.39, 0.29) is 0 Å². The average Bonchev–Trinajstić information content (AvgIpc) is 2.47. The maximum absolute atomic E-state index is 10.5. The number of ether oxygens (including phenoxy) is 1. The Morgan fingerprint density at radius 1 is 1.14 bits per heavy atom. The maximum atomic E-state index is 10.5. The molecule has 2 aromatic rings. The number of aryl methyl sites for hydroxylation is 2. The Balaban J connectivity index is 2.14. The lowest BCUT2D eigenvalue weighted by atomic mass is 10.1. The van der Waals surface area contributed by atoms with E-state index in [1.54, 1.807) is 6.08 Å².